The third-order valence-electron chi connectivity index (χ3n) is 4.58. The number of nitrogens with zero attached hydrogens (tertiary/aromatic N) is 2. The van der Waals surface area contributed by atoms with Crippen LogP contribution >= 0.6 is 23.5 Å². The number of nitrogens with one attached hydrogen (secondary N) is 1. The number of anilines is 1. The molecule has 0 unspecified atom stereocenters. The second-order valence-electron chi connectivity index (χ2n) is 6.60. The highest BCUT2D eigenvalue weighted by Crippen LogP contribution is 2.48. The van der Waals surface area contributed by atoms with Crippen LogP contribution in [0.5, 0.6) is 0 Å². The summed E-state index contributed by atoms with van der Waals surface area (Å²) in [7, 11) is 0. The Hall–Kier alpha value is -1.86. The molecular formula is C20H23N3O2S2. The summed E-state index contributed by atoms with van der Waals surface area (Å²) in [5, 5.41) is 5.34. The maximum absolute atomic E-state index is 12.4. The average Bonchev–Trinajstić information content (AvgIpc) is 2.94. The predicted molar refractivity (Wildman–Crippen MR) is 111 cm³/mol. The quantitative estimate of drug-likeness (QED) is 0.429. The fourth-order valence-corrected chi connectivity index (χ4v) is 5.61. The minimum absolute atomic E-state index is 0.00833. The first kappa shape index (κ1) is 19.9. The van der Waals surface area contributed by atoms with Crippen LogP contribution in [-0.4, -0.2) is 32.7 Å². The molecule has 27 heavy (non-hydrogen) atoms. The van der Waals surface area contributed by atoms with Gasteiger partial charge in [0.05, 0.1) is 5.75 Å². The van der Waals surface area contributed by atoms with Crippen LogP contribution in [0.15, 0.2) is 34.3 Å². The van der Waals surface area contributed by atoms with Crippen LogP contribution in [0, 0.1) is 6.92 Å². The van der Waals surface area contributed by atoms with Gasteiger partial charge in [0.1, 0.15) is 15.9 Å². The number of carbonyl (C=O) groups is 2. The lowest BCUT2D eigenvalue weighted by atomic mass is 9.96. The Morgan fingerprint density at radius 3 is 2.56 bits per heavy atom. The Bertz CT molecular complexity index is 868. The van der Waals surface area contributed by atoms with E-state index in [1.807, 2.05) is 6.92 Å². The first-order chi connectivity index (χ1) is 12.9. The normalized spacial score (nSPS) is 18.2. The zero-order valence-electron chi connectivity index (χ0n) is 15.9. The number of fused-ring (bicyclic) bond motifs is 1. The number of ketones is 1. The lowest BCUT2D eigenvalue weighted by Gasteiger charge is -2.15. The molecule has 0 saturated carbocycles. The van der Waals surface area contributed by atoms with Crippen LogP contribution in [-0.2, 0) is 4.79 Å². The van der Waals surface area contributed by atoms with Gasteiger partial charge >= 0.3 is 0 Å². The molecule has 2 aromatic rings. The largest absolute Gasteiger partial charge is 0.325 e. The van der Waals surface area contributed by atoms with Crippen molar-refractivity contribution in [2.45, 2.75) is 55.3 Å². The number of rotatable bonds is 6. The summed E-state index contributed by atoms with van der Waals surface area (Å²) in [6.45, 7) is 7.82. The van der Waals surface area contributed by atoms with E-state index >= 15 is 0 Å². The first-order valence-electron chi connectivity index (χ1n) is 8.97. The van der Waals surface area contributed by atoms with Crippen molar-refractivity contribution in [3.05, 3.63) is 41.2 Å². The monoisotopic (exact) mass is 401 g/mol. The highest BCUT2D eigenvalue weighted by Gasteiger charge is 2.33. The molecule has 1 aromatic carbocycles. The number of aryl methyl sites for hydroxylation is 1. The molecule has 1 aliphatic heterocycles. The third kappa shape index (κ3) is 4.52. The summed E-state index contributed by atoms with van der Waals surface area (Å²) in [6, 6.07) is 6.93. The molecule has 2 atom stereocenters. The Morgan fingerprint density at radius 1 is 1.22 bits per heavy atom. The van der Waals surface area contributed by atoms with Crippen LogP contribution in [0.4, 0.5) is 5.69 Å². The molecule has 142 valence electrons. The molecule has 0 aliphatic carbocycles. The summed E-state index contributed by atoms with van der Waals surface area (Å²) in [4.78, 5) is 32.9. The fourth-order valence-electron chi connectivity index (χ4n) is 3.20. The SMILES string of the molecule is CC[C@H]1c2c(SCC(=O)Nc3ccc(C(C)=O)cc3)nc(C)nc2S[C@H]1C. The highest BCUT2D eigenvalue weighted by atomic mass is 32.2. The van der Waals surface area contributed by atoms with Crippen molar-refractivity contribution in [3.63, 3.8) is 0 Å². The first-order valence-corrected chi connectivity index (χ1v) is 10.8. The highest BCUT2D eigenvalue weighted by molar-refractivity contribution is 8.01. The molecule has 0 saturated heterocycles. The number of carbonyl (C=O) groups excluding carboxylic acids is 2. The Labute approximate surface area is 168 Å². The number of Topliss-reactive ketones (excluding diaryl/α,β-unsaturated/α-hetero) is 1. The second-order valence-corrected chi connectivity index (χ2v) is 8.93. The van der Waals surface area contributed by atoms with Crippen LogP contribution in [0.2, 0.25) is 0 Å². The topological polar surface area (TPSA) is 72.0 Å². The number of aromatic nitrogens is 2. The number of amides is 1. The van der Waals surface area contributed by atoms with Gasteiger partial charge < -0.3 is 5.32 Å². The van der Waals surface area contributed by atoms with Crippen molar-refractivity contribution in [3.8, 4) is 0 Å². The summed E-state index contributed by atoms with van der Waals surface area (Å²) in [5.74, 6) is 1.37. The van der Waals surface area contributed by atoms with Gasteiger partial charge in [0.25, 0.3) is 0 Å². The summed E-state index contributed by atoms with van der Waals surface area (Å²) < 4.78 is 0. The molecule has 3 rings (SSSR count). The second kappa shape index (κ2) is 8.44. The summed E-state index contributed by atoms with van der Waals surface area (Å²) in [6.07, 6.45) is 1.04. The van der Waals surface area contributed by atoms with Crippen molar-refractivity contribution in [2.24, 2.45) is 0 Å². The van der Waals surface area contributed by atoms with Crippen molar-refractivity contribution in [2.75, 3.05) is 11.1 Å². The molecule has 7 heteroatoms. The number of thioether (sulfide) groups is 2. The minimum Gasteiger partial charge on any atom is -0.325 e. The van der Waals surface area contributed by atoms with Crippen molar-refractivity contribution in [1.82, 2.24) is 9.97 Å². The molecule has 0 fully saturated rings. The lowest BCUT2D eigenvalue weighted by molar-refractivity contribution is -0.113. The van der Waals surface area contributed by atoms with Crippen LogP contribution < -0.4 is 5.32 Å². The zero-order valence-corrected chi connectivity index (χ0v) is 17.5. The fraction of sp³-hybridized carbons (Fsp3) is 0.400. The van der Waals surface area contributed by atoms with Crippen LogP contribution in [0.1, 0.15) is 54.9 Å². The molecule has 5 nitrogen and oxygen atoms in total. The Kier molecular flexibility index (Phi) is 6.22. The summed E-state index contributed by atoms with van der Waals surface area (Å²) >= 11 is 3.27. The molecule has 0 bridgehead atoms. The standard InChI is InChI=1S/C20H23N3O2S2/c1-5-16-12(3)27-20-18(16)19(21-13(4)22-20)26-10-17(25)23-15-8-6-14(7-9-15)11(2)24/h6-9,12,16H,5,10H2,1-4H3,(H,23,25)/t12-,16+/m0/s1. The van der Waals surface area contributed by atoms with E-state index in [1.54, 1.807) is 36.0 Å². The van der Waals surface area contributed by atoms with Gasteiger partial charge in [0.15, 0.2) is 5.78 Å². The molecule has 1 amide bonds. The maximum atomic E-state index is 12.4. The molecule has 1 N–H and O–H groups in total. The van der Waals surface area contributed by atoms with E-state index in [0.717, 1.165) is 22.3 Å². The number of hydrogen-bond donors (Lipinski definition) is 1. The van der Waals surface area contributed by atoms with Crippen LogP contribution in [0.3, 0.4) is 0 Å². The van der Waals surface area contributed by atoms with Gasteiger partial charge in [0.2, 0.25) is 5.91 Å². The Balaban J connectivity index is 1.68. The van der Waals surface area contributed by atoms with E-state index < -0.39 is 0 Å². The predicted octanol–water partition coefficient (Wildman–Crippen LogP) is 4.71. The number of hydrogen-bond acceptors (Lipinski definition) is 6. The third-order valence-corrected chi connectivity index (χ3v) is 6.80. The van der Waals surface area contributed by atoms with Crippen molar-refractivity contribution >= 4 is 40.9 Å². The summed E-state index contributed by atoms with van der Waals surface area (Å²) in [5.41, 5.74) is 2.51. The average molecular weight is 402 g/mol. The molecular weight excluding hydrogens is 378 g/mol. The van der Waals surface area contributed by atoms with E-state index in [9.17, 15) is 9.59 Å². The van der Waals surface area contributed by atoms with E-state index in [2.05, 4.69) is 29.1 Å². The molecule has 1 aliphatic rings. The lowest BCUT2D eigenvalue weighted by Crippen LogP contribution is -2.15. The van der Waals surface area contributed by atoms with E-state index in [4.69, 9.17) is 0 Å². The van der Waals surface area contributed by atoms with E-state index in [0.29, 0.717) is 22.4 Å². The zero-order chi connectivity index (χ0) is 19.6. The minimum atomic E-state index is -0.0904. The van der Waals surface area contributed by atoms with Gasteiger partial charge in [-0.15, -0.1) is 11.8 Å². The van der Waals surface area contributed by atoms with Gasteiger partial charge in [-0.05, 0) is 44.5 Å². The van der Waals surface area contributed by atoms with Gasteiger partial charge in [-0.25, -0.2) is 9.97 Å². The van der Waals surface area contributed by atoms with Gasteiger partial charge in [-0.2, -0.15) is 0 Å². The van der Waals surface area contributed by atoms with E-state index in [-0.39, 0.29) is 17.4 Å². The van der Waals surface area contributed by atoms with Crippen molar-refractivity contribution in [1.29, 1.82) is 0 Å². The smallest absolute Gasteiger partial charge is 0.234 e. The molecule has 2 heterocycles. The van der Waals surface area contributed by atoms with E-state index in [1.165, 1.54) is 24.2 Å². The maximum Gasteiger partial charge on any atom is 0.234 e. The molecule has 1 aromatic heterocycles. The molecule has 0 spiro atoms. The number of benzene rings is 1. The van der Waals surface area contributed by atoms with Gasteiger partial charge in [-0.3, -0.25) is 9.59 Å². The van der Waals surface area contributed by atoms with Gasteiger partial charge in [0, 0.05) is 28.0 Å². The molecule has 0 radical (unpaired) electrons. The van der Waals surface area contributed by atoms with Gasteiger partial charge in [-0.1, -0.05) is 25.6 Å². The van der Waals surface area contributed by atoms with Crippen LogP contribution in [0.25, 0.3) is 0 Å². The van der Waals surface area contributed by atoms with Crippen molar-refractivity contribution < 1.29 is 9.59 Å². The Morgan fingerprint density at radius 2 is 1.93 bits per heavy atom.